The first-order chi connectivity index (χ1) is 10.9. The Morgan fingerprint density at radius 3 is 2.57 bits per heavy atom. The van der Waals surface area contributed by atoms with Gasteiger partial charge in [-0.05, 0) is 57.7 Å². The van der Waals surface area contributed by atoms with Gasteiger partial charge in [0.2, 0.25) is 5.91 Å². The first-order valence-electron chi connectivity index (χ1n) is 8.67. The molecule has 128 valence electrons. The average molecular weight is 318 g/mol. The van der Waals surface area contributed by atoms with E-state index in [0.29, 0.717) is 6.54 Å². The molecule has 0 saturated carbocycles. The van der Waals surface area contributed by atoms with Crippen LogP contribution < -0.4 is 5.32 Å². The number of nitrogens with zero attached hydrogens (tertiary/aromatic N) is 1. The van der Waals surface area contributed by atoms with E-state index in [9.17, 15) is 9.90 Å². The van der Waals surface area contributed by atoms with Gasteiger partial charge in [-0.15, -0.1) is 0 Å². The predicted octanol–water partition coefficient (Wildman–Crippen LogP) is 2.35. The third-order valence-electron chi connectivity index (χ3n) is 4.45. The number of aliphatic hydroxyl groups is 1. The van der Waals surface area contributed by atoms with E-state index >= 15 is 0 Å². The van der Waals surface area contributed by atoms with Crippen molar-refractivity contribution in [1.29, 1.82) is 0 Å². The Morgan fingerprint density at radius 2 is 1.96 bits per heavy atom. The Bertz CT molecular complexity index is 505. The van der Waals surface area contributed by atoms with E-state index < -0.39 is 5.60 Å². The fourth-order valence-electron chi connectivity index (χ4n) is 3.03. The summed E-state index contributed by atoms with van der Waals surface area (Å²) in [7, 11) is 0. The Hall–Kier alpha value is -1.39. The Labute approximate surface area is 139 Å². The number of likely N-dealkylation sites (tertiary alicyclic amines) is 1. The number of carbonyl (C=O) groups excluding carboxylic acids is 1. The predicted molar refractivity (Wildman–Crippen MR) is 93.1 cm³/mol. The highest BCUT2D eigenvalue weighted by atomic mass is 16.3. The summed E-state index contributed by atoms with van der Waals surface area (Å²) < 4.78 is 0. The number of benzene rings is 1. The molecular weight excluding hydrogens is 288 g/mol. The number of nitrogens with one attached hydrogen (secondary N) is 1. The summed E-state index contributed by atoms with van der Waals surface area (Å²) >= 11 is 0. The Morgan fingerprint density at radius 1 is 1.30 bits per heavy atom. The second kappa shape index (κ2) is 7.93. The molecule has 23 heavy (non-hydrogen) atoms. The fourth-order valence-corrected chi connectivity index (χ4v) is 3.03. The van der Waals surface area contributed by atoms with Crippen LogP contribution in [-0.4, -0.2) is 41.1 Å². The molecule has 0 bridgehead atoms. The molecule has 1 heterocycles. The summed E-state index contributed by atoms with van der Waals surface area (Å²) in [6.45, 7) is 9.11. The quantitative estimate of drug-likeness (QED) is 0.811. The van der Waals surface area contributed by atoms with Gasteiger partial charge >= 0.3 is 0 Å². The van der Waals surface area contributed by atoms with Crippen molar-refractivity contribution < 1.29 is 9.90 Å². The van der Waals surface area contributed by atoms with Crippen molar-refractivity contribution in [3.63, 3.8) is 0 Å². The lowest BCUT2D eigenvalue weighted by Gasteiger charge is -2.18. The van der Waals surface area contributed by atoms with Crippen molar-refractivity contribution in [3.8, 4) is 0 Å². The number of hydrogen-bond acceptors (Lipinski definition) is 3. The van der Waals surface area contributed by atoms with E-state index in [1.807, 2.05) is 20.8 Å². The van der Waals surface area contributed by atoms with Crippen LogP contribution in [0.25, 0.3) is 0 Å². The number of rotatable bonds is 7. The molecule has 1 aliphatic rings. The van der Waals surface area contributed by atoms with E-state index in [1.165, 1.54) is 11.1 Å². The largest absolute Gasteiger partial charge is 0.390 e. The smallest absolute Gasteiger partial charge is 0.224 e. The lowest BCUT2D eigenvalue weighted by atomic mass is 9.98. The van der Waals surface area contributed by atoms with Crippen LogP contribution in [0.4, 0.5) is 0 Å². The standard InChI is InChI=1S/C19H30N2O2/c1-4-20-18(22)17-10-12-21(14-17)13-16-7-5-15(6-8-16)9-11-19(2,3)23/h5-8,17,23H,4,9-14H2,1-3H3,(H,20,22)/t17-/m0/s1. The van der Waals surface area contributed by atoms with Gasteiger partial charge in [0, 0.05) is 19.6 Å². The second-order valence-corrected chi connectivity index (χ2v) is 7.24. The topological polar surface area (TPSA) is 52.6 Å². The third kappa shape index (κ3) is 5.96. The summed E-state index contributed by atoms with van der Waals surface area (Å²) in [5, 5.41) is 12.7. The summed E-state index contributed by atoms with van der Waals surface area (Å²) in [6.07, 6.45) is 2.62. The molecule has 2 N–H and O–H groups in total. The minimum Gasteiger partial charge on any atom is -0.390 e. The van der Waals surface area contributed by atoms with Crippen LogP contribution in [0.1, 0.15) is 44.7 Å². The number of amides is 1. The molecule has 1 amide bonds. The lowest BCUT2D eigenvalue weighted by molar-refractivity contribution is -0.124. The van der Waals surface area contributed by atoms with Crippen LogP contribution in [0.3, 0.4) is 0 Å². The van der Waals surface area contributed by atoms with Gasteiger partial charge in [-0.25, -0.2) is 0 Å². The minimum atomic E-state index is -0.609. The van der Waals surface area contributed by atoms with E-state index in [4.69, 9.17) is 0 Å². The minimum absolute atomic E-state index is 0.140. The maximum atomic E-state index is 11.9. The average Bonchev–Trinajstić information content (AvgIpc) is 2.95. The zero-order chi connectivity index (χ0) is 16.9. The molecule has 0 spiro atoms. The number of hydrogen-bond donors (Lipinski definition) is 2. The molecular formula is C19H30N2O2. The van der Waals surface area contributed by atoms with Crippen molar-refractivity contribution in [2.45, 2.75) is 52.2 Å². The van der Waals surface area contributed by atoms with Gasteiger partial charge < -0.3 is 10.4 Å². The molecule has 1 aromatic rings. The molecule has 1 fully saturated rings. The van der Waals surface area contributed by atoms with Crippen molar-refractivity contribution in [3.05, 3.63) is 35.4 Å². The number of carbonyl (C=O) groups is 1. The van der Waals surface area contributed by atoms with Gasteiger partial charge in [0.15, 0.2) is 0 Å². The van der Waals surface area contributed by atoms with Crippen LogP contribution in [0.15, 0.2) is 24.3 Å². The Kier molecular flexibility index (Phi) is 6.19. The highest BCUT2D eigenvalue weighted by Crippen LogP contribution is 2.20. The van der Waals surface area contributed by atoms with Gasteiger partial charge in [-0.2, -0.15) is 0 Å². The first kappa shape index (κ1) is 18.0. The maximum Gasteiger partial charge on any atom is 0.224 e. The van der Waals surface area contributed by atoms with Crippen LogP contribution in [-0.2, 0) is 17.8 Å². The lowest BCUT2D eigenvalue weighted by Crippen LogP contribution is -2.32. The second-order valence-electron chi connectivity index (χ2n) is 7.24. The molecule has 1 aliphatic heterocycles. The molecule has 0 radical (unpaired) electrons. The summed E-state index contributed by atoms with van der Waals surface area (Å²) in [5.74, 6) is 0.331. The first-order valence-corrected chi connectivity index (χ1v) is 8.67. The van der Waals surface area contributed by atoms with Gasteiger partial charge in [-0.3, -0.25) is 9.69 Å². The van der Waals surface area contributed by atoms with Crippen molar-refractivity contribution in [1.82, 2.24) is 10.2 Å². The molecule has 0 aromatic heterocycles. The van der Waals surface area contributed by atoms with E-state index in [2.05, 4.69) is 34.5 Å². The van der Waals surface area contributed by atoms with E-state index in [1.54, 1.807) is 0 Å². The van der Waals surface area contributed by atoms with Crippen LogP contribution in [0, 0.1) is 5.92 Å². The fraction of sp³-hybridized carbons (Fsp3) is 0.632. The maximum absolute atomic E-state index is 11.9. The Balaban J connectivity index is 1.81. The third-order valence-corrected chi connectivity index (χ3v) is 4.45. The normalized spacial score (nSPS) is 19.0. The highest BCUT2D eigenvalue weighted by Gasteiger charge is 2.27. The van der Waals surface area contributed by atoms with E-state index in [-0.39, 0.29) is 11.8 Å². The van der Waals surface area contributed by atoms with Gasteiger partial charge in [0.25, 0.3) is 0 Å². The molecule has 1 saturated heterocycles. The van der Waals surface area contributed by atoms with Crippen LogP contribution in [0.2, 0.25) is 0 Å². The molecule has 2 rings (SSSR count). The van der Waals surface area contributed by atoms with Crippen molar-refractivity contribution in [2.24, 2.45) is 5.92 Å². The molecule has 0 aliphatic carbocycles. The number of aryl methyl sites for hydroxylation is 1. The van der Waals surface area contributed by atoms with E-state index in [0.717, 1.165) is 38.9 Å². The van der Waals surface area contributed by atoms with Crippen molar-refractivity contribution >= 4 is 5.91 Å². The zero-order valence-electron chi connectivity index (χ0n) is 14.6. The summed E-state index contributed by atoms with van der Waals surface area (Å²) in [5.41, 5.74) is 1.94. The van der Waals surface area contributed by atoms with Gasteiger partial charge in [-0.1, -0.05) is 24.3 Å². The van der Waals surface area contributed by atoms with Crippen molar-refractivity contribution in [2.75, 3.05) is 19.6 Å². The monoisotopic (exact) mass is 318 g/mol. The van der Waals surface area contributed by atoms with Gasteiger partial charge in [0.1, 0.15) is 0 Å². The summed E-state index contributed by atoms with van der Waals surface area (Å²) in [6, 6.07) is 8.63. The van der Waals surface area contributed by atoms with Gasteiger partial charge in [0.05, 0.1) is 11.5 Å². The zero-order valence-corrected chi connectivity index (χ0v) is 14.6. The highest BCUT2D eigenvalue weighted by molar-refractivity contribution is 5.79. The SMILES string of the molecule is CCNC(=O)[C@H]1CCN(Cc2ccc(CCC(C)(C)O)cc2)C1. The summed E-state index contributed by atoms with van der Waals surface area (Å²) in [4.78, 5) is 14.2. The molecule has 4 nitrogen and oxygen atoms in total. The molecule has 0 unspecified atom stereocenters. The van der Waals surface area contributed by atoms with Crippen LogP contribution in [0.5, 0.6) is 0 Å². The molecule has 1 aromatic carbocycles. The van der Waals surface area contributed by atoms with Crippen LogP contribution >= 0.6 is 0 Å². The molecule has 1 atom stereocenters. The molecule has 4 heteroatoms.